The van der Waals surface area contributed by atoms with Crippen LogP contribution in [-0.4, -0.2) is 18.9 Å². The highest BCUT2D eigenvalue weighted by Gasteiger charge is 2.28. The van der Waals surface area contributed by atoms with E-state index >= 15 is 0 Å². The maximum Gasteiger partial charge on any atom is 0.129 e. The molecule has 14 heavy (non-hydrogen) atoms. The van der Waals surface area contributed by atoms with Crippen molar-refractivity contribution in [1.29, 1.82) is 0 Å². The lowest BCUT2D eigenvalue weighted by atomic mass is 10.0. The van der Waals surface area contributed by atoms with E-state index in [0.717, 1.165) is 12.8 Å². The third kappa shape index (κ3) is 1.31. The van der Waals surface area contributed by atoms with E-state index < -0.39 is 0 Å². The van der Waals surface area contributed by atoms with E-state index in [2.05, 4.69) is 30.9 Å². The molecule has 2 heteroatoms. The highest BCUT2D eigenvalue weighted by molar-refractivity contribution is 5.74. The molecule has 1 aliphatic heterocycles. The van der Waals surface area contributed by atoms with Gasteiger partial charge in [-0.2, -0.15) is 0 Å². The Hall–Kier alpha value is -1.31. The fraction of sp³-hybridized carbons (Fsp3) is 0.417. The summed E-state index contributed by atoms with van der Waals surface area (Å²) >= 11 is 0. The van der Waals surface area contributed by atoms with Crippen LogP contribution in [0.15, 0.2) is 24.3 Å². The van der Waals surface area contributed by atoms with Crippen LogP contribution in [0.2, 0.25) is 0 Å². The molecule has 0 bridgehead atoms. The summed E-state index contributed by atoms with van der Waals surface area (Å²) in [5.41, 5.74) is 2.40. The molecular weight excluding hydrogens is 174 g/mol. The van der Waals surface area contributed by atoms with E-state index in [1.54, 1.807) is 0 Å². The predicted octanol–water partition coefficient (Wildman–Crippen LogP) is 2.20. The molecule has 2 rings (SSSR count). The first kappa shape index (κ1) is 9.25. The SMILES string of the molecule is CC(C)N1CC(C=O)c2ccccc21. The normalized spacial score (nSPS) is 19.9. The number of aldehydes is 1. The second-order valence-electron chi connectivity index (χ2n) is 4.05. The number of benzene rings is 1. The summed E-state index contributed by atoms with van der Waals surface area (Å²) in [6, 6.07) is 8.64. The molecule has 1 aliphatic rings. The van der Waals surface area contributed by atoms with Gasteiger partial charge in [0, 0.05) is 18.3 Å². The molecule has 1 heterocycles. The minimum atomic E-state index is 0.0635. The molecule has 1 aromatic carbocycles. The molecule has 0 amide bonds. The molecule has 0 N–H and O–H groups in total. The molecule has 2 nitrogen and oxygen atoms in total. The van der Waals surface area contributed by atoms with Crippen LogP contribution in [0.3, 0.4) is 0 Å². The summed E-state index contributed by atoms with van der Waals surface area (Å²) in [5.74, 6) is 0.0635. The second-order valence-corrected chi connectivity index (χ2v) is 4.05. The van der Waals surface area contributed by atoms with E-state index in [9.17, 15) is 4.79 Å². The predicted molar refractivity (Wildman–Crippen MR) is 57.7 cm³/mol. The molecule has 0 spiro atoms. The standard InChI is InChI=1S/C12H15NO/c1-9(2)13-7-10(8-14)11-5-3-4-6-12(11)13/h3-6,8-10H,7H2,1-2H3. The largest absolute Gasteiger partial charge is 0.368 e. The first-order valence-electron chi connectivity index (χ1n) is 5.05. The van der Waals surface area contributed by atoms with Gasteiger partial charge in [0.15, 0.2) is 0 Å². The van der Waals surface area contributed by atoms with E-state index in [4.69, 9.17) is 0 Å². The fourth-order valence-electron chi connectivity index (χ4n) is 2.08. The van der Waals surface area contributed by atoms with E-state index in [0.29, 0.717) is 6.04 Å². The third-order valence-corrected chi connectivity index (χ3v) is 2.83. The van der Waals surface area contributed by atoms with Gasteiger partial charge in [-0.25, -0.2) is 0 Å². The van der Waals surface area contributed by atoms with Gasteiger partial charge in [-0.3, -0.25) is 0 Å². The highest BCUT2D eigenvalue weighted by atomic mass is 16.1. The van der Waals surface area contributed by atoms with Crippen LogP contribution in [0.4, 0.5) is 5.69 Å². The number of carbonyl (C=O) groups is 1. The average Bonchev–Trinajstić information content (AvgIpc) is 2.56. The van der Waals surface area contributed by atoms with Gasteiger partial charge in [-0.15, -0.1) is 0 Å². The summed E-state index contributed by atoms with van der Waals surface area (Å²) in [6.07, 6.45) is 1.06. The van der Waals surface area contributed by atoms with Gasteiger partial charge in [0.1, 0.15) is 6.29 Å². The zero-order valence-corrected chi connectivity index (χ0v) is 8.60. The molecule has 0 saturated heterocycles. The number of rotatable bonds is 2. The first-order valence-corrected chi connectivity index (χ1v) is 5.05. The molecule has 0 fully saturated rings. The van der Waals surface area contributed by atoms with E-state index in [1.807, 2.05) is 12.1 Å². The number of fused-ring (bicyclic) bond motifs is 1. The van der Waals surface area contributed by atoms with Crippen molar-refractivity contribution in [2.75, 3.05) is 11.4 Å². The van der Waals surface area contributed by atoms with Gasteiger partial charge < -0.3 is 9.69 Å². The van der Waals surface area contributed by atoms with Gasteiger partial charge in [0.2, 0.25) is 0 Å². The van der Waals surface area contributed by atoms with Crippen molar-refractivity contribution >= 4 is 12.0 Å². The van der Waals surface area contributed by atoms with Crippen molar-refractivity contribution in [2.24, 2.45) is 0 Å². The maximum absolute atomic E-state index is 10.9. The Bertz CT molecular complexity index is 346. The number of hydrogen-bond donors (Lipinski definition) is 0. The summed E-state index contributed by atoms with van der Waals surface area (Å²) in [4.78, 5) is 13.2. The van der Waals surface area contributed by atoms with Crippen LogP contribution in [0.25, 0.3) is 0 Å². The highest BCUT2D eigenvalue weighted by Crippen LogP contribution is 2.35. The van der Waals surface area contributed by atoms with E-state index in [-0.39, 0.29) is 5.92 Å². The Labute approximate surface area is 84.5 Å². The number of anilines is 1. The molecule has 1 unspecified atom stereocenters. The number of hydrogen-bond acceptors (Lipinski definition) is 2. The average molecular weight is 189 g/mol. The minimum absolute atomic E-state index is 0.0635. The lowest BCUT2D eigenvalue weighted by Gasteiger charge is -2.23. The van der Waals surface area contributed by atoms with Crippen molar-refractivity contribution < 1.29 is 4.79 Å². The molecule has 0 aliphatic carbocycles. The van der Waals surface area contributed by atoms with Gasteiger partial charge in [0.05, 0.1) is 5.92 Å². The first-order chi connectivity index (χ1) is 6.74. The molecule has 74 valence electrons. The topological polar surface area (TPSA) is 20.3 Å². The van der Waals surface area contributed by atoms with Crippen molar-refractivity contribution in [3.8, 4) is 0 Å². The minimum Gasteiger partial charge on any atom is -0.368 e. The quantitative estimate of drug-likeness (QED) is 0.665. The van der Waals surface area contributed by atoms with Crippen LogP contribution in [0, 0.1) is 0 Å². The Morgan fingerprint density at radius 1 is 1.43 bits per heavy atom. The van der Waals surface area contributed by atoms with Crippen molar-refractivity contribution in [1.82, 2.24) is 0 Å². The van der Waals surface area contributed by atoms with Gasteiger partial charge in [0.25, 0.3) is 0 Å². The van der Waals surface area contributed by atoms with Crippen LogP contribution >= 0.6 is 0 Å². The van der Waals surface area contributed by atoms with Gasteiger partial charge >= 0.3 is 0 Å². The molecule has 1 aromatic rings. The van der Waals surface area contributed by atoms with Crippen molar-refractivity contribution in [2.45, 2.75) is 25.8 Å². The van der Waals surface area contributed by atoms with Crippen LogP contribution in [0.1, 0.15) is 25.3 Å². The smallest absolute Gasteiger partial charge is 0.129 e. The summed E-state index contributed by atoms with van der Waals surface area (Å²) in [7, 11) is 0. The Balaban J connectivity index is 2.43. The van der Waals surface area contributed by atoms with Crippen LogP contribution < -0.4 is 4.90 Å². The lowest BCUT2D eigenvalue weighted by molar-refractivity contribution is -0.108. The number of para-hydroxylation sites is 1. The molecule has 0 aromatic heterocycles. The maximum atomic E-state index is 10.9. The van der Waals surface area contributed by atoms with Crippen LogP contribution in [0.5, 0.6) is 0 Å². The summed E-state index contributed by atoms with van der Waals surface area (Å²) in [5, 5.41) is 0. The molecule has 0 saturated carbocycles. The second kappa shape index (κ2) is 3.45. The van der Waals surface area contributed by atoms with Crippen molar-refractivity contribution in [3.05, 3.63) is 29.8 Å². The Morgan fingerprint density at radius 3 is 2.79 bits per heavy atom. The summed E-state index contributed by atoms with van der Waals surface area (Å²) < 4.78 is 0. The monoisotopic (exact) mass is 189 g/mol. The van der Waals surface area contributed by atoms with Crippen molar-refractivity contribution in [3.63, 3.8) is 0 Å². The Kier molecular flexibility index (Phi) is 2.28. The van der Waals surface area contributed by atoms with Crippen LogP contribution in [-0.2, 0) is 4.79 Å². The van der Waals surface area contributed by atoms with E-state index in [1.165, 1.54) is 11.3 Å². The fourth-order valence-corrected chi connectivity index (χ4v) is 2.08. The molecule has 0 radical (unpaired) electrons. The molecular formula is C12H15NO. The van der Waals surface area contributed by atoms with Gasteiger partial charge in [-0.05, 0) is 25.5 Å². The zero-order chi connectivity index (χ0) is 10.1. The number of nitrogens with zero attached hydrogens (tertiary/aromatic N) is 1. The number of carbonyl (C=O) groups excluding carboxylic acids is 1. The van der Waals surface area contributed by atoms with Gasteiger partial charge in [-0.1, -0.05) is 18.2 Å². The molecule has 1 atom stereocenters. The third-order valence-electron chi connectivity index (χ3n) is 2.83. The zero-order valence-electron chi connectivity index (χ0n) is 8.60. The Morgan fingerprint density at radius 2 is 2.14 bits per heavy atom. The summed E-state index contributed by atoms with van der Waals surface area (Å²) in [6.45, 7) is 5.15. The lowest BCUT2D eigenvalue weighted by Crippen LogP contribution is -2.29.